The van der Waals surface area contributed by atoms with Crippen LogP contribution in [0.2, 0.25) is 0 Å². The zero-order chi connectivity index (χ0) is 15.5. The molecule has 5 nitrogen and oxygen atoms in total. The van der Waals surface area contributed by atoms with Crippen molar-refractivity contribution in [2.24, 2.45) is 5.41 Å². The lowest BCUT2D eigenvalue weighted by atomic mass is 9.86. The third-order valence-corrected chi connectivity index (χ3v) is 5.49. The predicted molar refractivity (Wildman–Crippen MR) is 82.4 cm³/mol. The number of rotatable bonds is 5. The number of nitrogens with one attached hydrogen (secondary N) is 1. The van der Waals surface area contributed by atoms with Crippen LogP contribution < -0.4 is 5.32 Å². The van der Waals surface area contributed by atoms with Crippen molar-refractivity contribution in [2.45, 2.75) is 38.6 Å². The molecular formula is C15H22N2O3S. The van der Waals surface area contributed by atoms with Gasteiger partial charge in [-0.1, -0.05) is 18.9 Å². The van der Waals surface area contributed by atoms with E-state index in [1.807, 2.05) is 24.4 Å². The highest BCUT2D eigenvalue weighted by atomic mass is 32.1. The fraction of sp³-hybridized carbons (Fsp3) is 0.600. The molecule has 1 aromatic rings. The largest absolute Gasteiger partial charge is 0.481 e. The SMILES string of the molecule is CC(c1cccs1)N(C)C(=O)NCC1(C(=O)O)CCCC1. The summed E-state index contributed by atoms with van der Waals surface area (Å²) in [4.78, 5) is 26.4. The van der Waals surface area contributed by atoms with Crippen LogP contribution >= 0.6 is 11.3 Å². The second-order valence-corrected chi connectivity index (χ2v) is 6.73. The van der Waals surface area contributed by atoms with Gasteiger partial charge in [-0.3, -0.25) is 4.79 Å². The van der Waals surface area contributed by atoms with E-state index in [4.69, 9.17) is 0 Å². The normalized spacial score (nSPS) is 18.2. The lowest BCUT2D eigenvalue weighted by Crippen LogP contribution is -2.46. The molecule has 116 valence electrons. The maximum atomic E-state index is 12.2. The van der Waals surface area contributed by atoms with Crippen molar-refractivity contribution in [3.05, 3.63) is 22.4 Å². The zero-order valence-corrected chi connectivity index (χ0v) is 13.3. The predicted octanol–water partition coefficient (Wildman–Crippen LogP) is 3.10. The van der Waals surface area contributed by atoms with Gasteiger partial charge < -0.3 is 15.3 Å². The number of thiophene rings is 1. The maximum Gasteiger partial charge on any atom is 0.317 e. The highest BCUT2D eigenvalue weighted by Crippen LogP contribution is 2.37. The van der Waals surface area contributed by atoms with E-state index >= 15 is 0 Å². The van der Waals surface area contributed by atoms with Crippen molar-refractivity contribution in [1.29, 1.82) is 0 Å². The van der Waals surface area contributed by atoms with Gasteiger partial charge in [0.15, 0.2) is 0 Å². The van der Waals surface area contributed by atoms with Gasteiger partial charge >= 0.3 is 12.0 Å². The number of amides is 2. The number of carboxylic acids is 1. The van der Waals surface area contributed by atoms with Crippen LogP contribution in [0.1, 0.15) is 43.5 Å². The summed E-state index contributed by atoms with van der Waals surface area (Å²) >= 11 is 1.61. The van der Waals surface area contributed by atoms with Gasteiger partial charge in [0, 0.05) is 18.5 Å². The van der Waals surface area contributed by atoms with Crippen LogP contribution in [0.15, 0.2) is 17.5 Å². The van der Waals surface area contributed by atoms with Gasteiger partial charge in [-0.05, 0) is 31.2 Å². The molecule has 2 rings (SSSR count). The monoisotopic (exact) mass is 310 g/mol. The highest BCUT2D eigenvalue weighted by Gasteiger charge is 2.41. The van der Waals surface area contributed by atoms with Gasteiger partial charge in [-0.2, -0.15) is 0 Å². The van der Waals surface area contributed by atoms with Gasteiger partial charge in [0.2, 0.25) is 0 Å². The Hall–Kier alpha value is -1.56. The molecule has 1 fully saturated rings. The van der Waals surface area contributed by atoms with Crippen molar-refractivity contribution >= 4 is 23.3 Å². The number of hydrogen-bond donors (Lipinski definition) is 2. The first kappa shape index (κ1) is 15.8. The maximum absolute atomic E-state index is 12.2. The molecule has 0 bridgehead atoms. The van der Waals surface area contributed by atoms with E-state index < -0.39 is 11.4 Å². The molecule has 1 saturated carbocycles. The smallest absolute Gasteiger partial charge is 0.317 e. The van der Waals surface area contributed by atoms with Crippen LogP contribution in [0.25, 0.3) is 0 Å². The van der Waals surface area contributed by atoms with E-state index in [1.54, 1.807) is 23.3 Å². The van der Waals surface area contributed by atoms with Crippen LogP contribution in [-0.4, -0.2) is 35.6 Å². The summed E-state index contributed by atoms with van der Waals surface area (Å²) in [5.41, 5.74) is -0.775. The van der Waals surface area contributed by atoms with Crippen molar-refractivity contribution in [3.8, 4) is 0 Å². The molecule has 0 spiro atoms. The standard InChI is InChI=1S/C15H22N2O3S/c1-11(12-6-5-9-21-12)17(2)14(20)16-10-15(13(18)19)7-3-4-8-15/h5-6,9,11H,3-4,7-8,10H2,1-2H3,(H,16,20)(H,18,19). The second-order valence-electron chi connectivity index (χ2n) is 5.75. The molecule has 0 saturated heterocycles. The Morgan fingerprint density at radius 1 is 1.48 bits per heavy atom. The summed E-state index contributed by atoms with van der Waals surface area (Å²) in [6.07, 6.45) is 3.13. The molecule has 0 aliphatic heterocycles. The first-order valence-corrected chi connectivity index (χ1v) is 8.12. The molecule has 1 aromatic heterocycles. The molecule has 1 unspecified atom stereocenters. The molecule has 6 heteroatoms. The minimum Gasteiger partial charge on any atom is -0.481 e. The fourth-order valence-corrected chi connectivity index (χ4v) is 3.61. The van der Waals surface area contributed by atoms with E-state index in [9.17, 15) is 14.7 Å². The van der Waals surface area contributed by atoms with Crippen LogP contribution in [-0.2, 0) is 4.79 Å². The van der Waals surface area contributed by atoms with Crippen LogP contribution in [0, 0.1) is 5.41 Å². The van der Waals surface area contributed by atoms with E-state index in [-0.39, 0.29) is 18.6 Å². The van der Waals surface area contributed by atoms with Crippen LogP contribution in [0.4, 0.5) is 4.79 Å². The van der Waals surface area contributed by atoms with E-state index in [2.05, 4.69) is 5.32 Å². The minimum absolute atomic E-state index is 0.0191. The zero-order valence-electron chi connectivity index (χ0n) is 12.5. The number of carbonyl (C=O) groups is 2. The topological polar surface area (TPSA) is 69.6 Å². The van der Waals surface area contributed by atoms with E-state index in [0.29, 0.717) is 12.8 Å². The molecule has 1 heterocycles. The van der Waals surface area contributed by atoms with Crippen LogP contribution in [0.5, 0.6) is 0 Å². The molecule has 0 radical (unpaired) electrons. The number of carbonyl (C=O) groups excluding carboxylic acids is 1. The molecule has 1 atom stereocenters. The Morgan fingerprint density at radius 2 is 2.14 bits per heavy atom. The molecule has 0 aromatic carbocycles. The number of hydrogen-bond acceptors (Lipinski definition) is 3. The summed E-state index contributed by atoms with van der Waals surface area (Å²) in [6.45, 7) is 2.18. The summed E-state index contributed by atoms with van der Waals surface area (Å²) in [6, 6.07) is 3.72. The summed E-state index contributed by atoms with van der Waals surface area (Å²) < 4.78 is 0. The van der Waals surface area contributed by atoms with Crippen molar-refractivity contribution in [3.63, 3.8) is 0 Å². The fourth-order valence-electron chi connectivity index (χ4n) is 2.78. The third-order valence-electron chi connectivity index (χ3n) is 4.45. The Labute approximate surface area is 129 Å². The molecule has 1 aliphatic rings. The lowest BCUT2D eigenvalue weighted by molar-refractivity contribution is -0.148. The Morgan fingerprint density at radius 3 is 2.67 bits per heavy atom. The average molecular weight is 310 g/mol. The van der Waals surface area contributed by atoms with Crippen molar-refractivity contribution < 1.29 is 14.7 Å². The molecular weight excluding hydrogens is 288 g/mol. The van der Waals surface area contributed by atoms with Crippen molar-refractivity contribution in [1.82, 2.24) is 10.2 Å². The quantitative estimate of drug-likeness (QED) is 0.878. The number of urea groups is 1. The van der Waals surface area contributed by atoms with Gasteiger partial charge in [-0.15, -0.1) is 11.3 Å². The Bertz CT molecular complexity index is 495. The summed E-state index contributed by atoms with van der Waals surface area (Å²) in [5.74, 6) is -0.797. The second kappa shape index (κ2) is 6.47. The summed E-state index contributed by atoms with van der Waals surface area (Å²) in [5, 5.41) is 14.2. The summed E-state index contributed by atoms with van der Waals surface area (Å²) in [7, 11) is 1.74. The van der Waals surface area contributed by atoms with Crippen LogP contribution in [0.3, 0.4) is 0 Å². The number of nitrogens with zero attached hydrogens (tertiary/aromatic N) is 1. The average Bonchev–Trinajstić information content (AvgIpc) is 3.14. The Balaban J connectivity index is 1.93. The van der Waals surface area contributed by atoms with Gasteiger partial charge in [-0.25, -0.2) is 4.79 Å². The molecule has 2 amide bonds. The Kier molecular flexibility index (Phi) is 4.88. The highest BCUT2D eigenvalue weighted by molar-refractivity contribution is 7.10. The molecule has 2 N–H and O–H groups in total. The molecule has 1 aliphatic carbocycles. The van der Waals surface area contributed by atoms with Gasteiger partial charge in [0.25, 0.3) is 0 Å². The lowest BCUT2D eigenvalue weighted by Gasteiger charge is -2.28. The van der Waals surface area contributed by atoms with Gasteiger partial charge in [0.05, 0.1) is 11.5 Å². The minimum atomic E-state index is -0.797. The van der Waals surface area contributed by atoms with Gasteiger partial charge in [0.1, 0.15) is 0 Å². The first-order chi connectivity index (χ1) is 9.96. The molecule has 21 heavy (non-hydrogen) atoms. The van der Waals surface area contributed by atoms with E-state index in [0.717, 1.165) is 17.7 Å². The number of carboxylic acid groups (broad SMARTS) is 1. The van der Waals surface area contributed by atoms with E-state index in [1.165, 1.54) is 0 Å². The van der Waals surface area contributed by atoms with Crippen molar-refractivity contribution in [2.75, 3.05) is 13.6 Å². The first-order valence-electron chi connectivity index (χ1n) is 7.24. The number of aliphatic carboxylic acids is 1. The third kappa shape index (κ3) is 3.37.